The highest BCUT2D eigenvalue weighted by atomic mass is 14.9. The van der Waals surface area contributed by atoms with Gasteiger partial charge in [0.15, 0.2) is 0 Å². The van der Waals surface area contributed by atoms with Gasteiger partial charge in [0.1, 0.15) is 0 Å². The summed E-state index contributed by atoms with van der Waals surface area (Å²) >= 11 is 0. The van der Waals surface area contributed by atoms with Gasteiger partial charge in [-0.05, 0) is 37.5 Å². The van der Waals surface area contributed by atoms with E-state index in [0.29, 0.717) is 11.5 Å². The van der Waals surface area contributed by atoms with Crippen molar-refractivity contribution in [1.29, 1.82) is 0 Å². The summed E-state index contributed by atoms with van der Waals surface area (Å²) in [6.45, 7) is 3.67. The number of allylic oxidation sites excluding steroid dienone is 1. The molecule has 80 valence electrons. The predicted molar refractivity (Wildman–Crippen MR) is 61.4 cm³/mol. The molecule has 1 atom stereocenters. The molecular weight excluding hydrogens is 170 g/mol. The lowest BCUT2D eigenvalue weighted by Crippen LogP contribution is -2.36. The summed E-state index contributed by atoms with van der Waals surface area (Å²) in [6.07, 6.45) is 14.4. The fourth-order valence-corrected chi connectivity index (χ4v) is 2.77. The first-order valence-electron chi connectivity index (χ1n) is 6.19. The molecule has 14 heavy (non-hydrogen) atoms. The van der Waals surface area contributed by atoms with Gasteiger partial charge < -0.3 is 5.32 Å². The first kappa shape index (κ1) is 10.2. The Labute approximate surface area is 88.0 Å². The van der Waals surface area contributed by atoms with Gasteiger partial charge >= 0.3 is 0 Å². The minimum Gasteiger partial charge on any atom is -0.310 e. The van der Waals surface area contributed by atoms with E-state index in [1.807, 2.05) is 0 Å². The van der Waals surface area contributed by atoms with Crippen LogP contribution >= 0.6 is 0 Å². The third kappa shape index (κ3) is 2.60. The molecule has 1 unspecified atom stereocenters. The van der Waals surface area contributed by atoms with Gasteiger partial charge in [-0.15, -0.1) is 0 Å². The lowest BCUT2D eigenvalue weighted by molar-refractivity contribution is 0.301. The van der Waals surface area contributed by atoms with Gasteiger partial charge in [-0.3, -0.25) is 0 Å². The Hall–Kier alpha value is -0.300. The molecule has 1 fully saturated rings. The van der Waals surface area contributed by atoms with Crippen molar-refractivity contribution in [2.24, 2.45) is 5.41 Å². The highest BCUT2D eigenvalue weighted by molar-refractivity contribution is 4.98. The van der Waals surface area contributed by atoms with Crippen molar-refractivity contribution >= 4 is 0 Å². The van der Waals surface area contributed by atoms with Crippen LogP contribution < -0.4 is 5.32 Å². The molecular formula is C13H23N. The second-order valence-electron chi connectivity index (χ2n) is 5.36. The zero-order chi connectivity index (χ0) is 9.86. The van der Waals surface area contributed by atoms with E-state index >= 15 is 0 Å². The van der Waals surface area contributed by atoms with E-state index in [9.17, 15) is 0 Å². The van der Waals surface area contributed by atoms with Gasteiger partial charge in [0.2, 0.25) is 0 Å². The standard InChI is InChI=1S/C13H23N/c1-13(9-5-6-10-13)11-14-12-7-3-2-4-8-12/h3,7,12,14H,2,4-6,8-11H2,1H3. The molecule has 0 aromatic rings. The van der Waals surface area contributed by atoms with Crippen LogP contribution in [0.2, 0.25) is 0 Å². The maximum absolute atomic E-state index is 3.72. The summed E-state index contributed by atoms with van der Waals surface area (Å²) in [5.74, 6) is 0. The molecule has 0 aromatic carbocycles. The van der Waals surface area contributed by atoms with E-state index in [4.69, 9.17) is 0 Å². The molecule has 0 radical (unpaired) electrons. The molecule has 1 saturated carbocycles. The Bertz CT molecular complexity index is 201. The average molecular weight is 193 g/mol. The zero-order valence-electron chi connectivity index (χ0n) is 9.39. The van der Waals surface area contributed by atoms with Crippen LogP contribution in [-0.4, -0.2) is 12.6 Å². The largest absolute Gasteiger partial charge is 0.310 e. The Morgan fingerprint density at radius 2 is 2.07 bits per heavy atom. The quantitative estimate of drug-likeness (QED) is 0.678. The highest BCUT2D eigenvalue weighted by Crippen LogP contribution is 2.36. The Morgan fingerprint density at radius 3 is 2.71 bits per heavy atom. The second-order valence-corrected chi connectivity index (χ2v) is 5.36. The van der Waals surface area contributed by atoms with Gasteiger partial charge in [-0.25, -0.2) is 0 Å². The van der Waals surface area contributed by atoms with Crippen LogP contribution in [0.4, 0.5) is 0 Å². The van der Waals surface area contributed by atoms with Crippen molar-refractivity contribution < 1.29 is 0 Å². The summed E-state index contributed by atoms with van der Waals surface area (Å²) < 4.78 is 0. The Morgan fingerprint density at radius 1 is 1.29 bits per heavy atom. The van der Waals surface area contributed by atoms with Gasteiger partial charge in [-0.2, -0.15) is 0 Å². The van der Waals surface area contributed by atoms with Crippen molar-refractivity contribution in [3.63, 3.8) is 0 Å². The van der Waals surface area contributed by atoms with Crippen LogP contribution in [-0.2, 0) is 0 Å². The molecule has 2 aliphatic carbocycles. The number of hydrogen-bond acceptors (Lipinski definition) is 1. The molecule has 2 rings (SSSR count). The summed E-state index contributed by atoms with van der Waals surface area (Å²) in [5.41, 5.74) is 0.602. The number of rotatable bonds is 3. The van der Waals surface area contributed by atoms with Crippen LogP contribution in [0.3, 0.4) is 0 Å². The van der Waals surface area contributed by atoms with E-state index in [1.165, 1.54) is 51.5 Å². The van der Waals surface area contributed by atoms with Crippen LogP contribution in [0.5, 0.6) is 0 Å². The number of hydrogen-bond donors (Lipinski definition) is 1. The minimum atomic E-state index is 0.602. The minimum absolute atomic E-state index is 0.602. The van der Waals surface area contributed by atoms with E-state index in [0.717, 1.165) is 0 Å². The van der Waals surface area contributed by atoms with Crippen LogP contribution in [0, 0.1) is 5.41 Å². The average Bonchev–Trinajstić information content (AvgIpc) is 2.65. The Balaban J connectivity index is 1.75. The van der Waals surface area contributed by atoms with Crippen molar-refractivity contribution in [3.8, 4) is 0 Å². The molecule has 0 amide bonds. The maximum Gasteiger partial charge on any atom is 0.0250 e. The Kier molecular flexibility index (Phi) is 3.27. The van der Waals surface area contributed by atoms with Crippen LogP contribution in [0.25, 0.3) is 0 Å². The van der Waals surface area contributed by atoms with Gasteiger partial charge in [-0.1, -0.05) is 31.9 Å². The van der Waals surface area contributed by atoms with Gasteiger partial charge in [0.05, 0.1) is 0 Å². The first-order chi connectivity index (χ1) is 6.79. The van der Waals surface area contributed by atoms with E-state index in [1.54, 1.807) is 0 Å². The topological polar surface area (TPSA) is 12.0 Å². The van der Waals surface area contributed by atoms with Crippen molar-refractivity contribution in [3.05, 3.63) is 12.2 Å². The number of nitrogens with one attached hydrogen (secondary N) is 1. The highest BCUT2D eigenvalue weighted by Gasteiger charge is 2.28. The smallest absolute Gasteiger partial charge is 0.0250 e. The van der Waals surface area contributed by atoms with Crippen LogP contribution in [0.1, 0.15) is 51.9 Å². The lowest BCUT2D eigenvalue weighted by Gasteiger charge is -2.27. The molecule has 0 bridgehead atoms. The second kappa shape index (κ2) is 4.48. The molecule has 1 N–H and O–H groups in total. The zero-order valence-corrected chi connectivity index (χ0v) is 9.39. The lowest BCUT2D eigenvalue weighted by atomic mass is 9.88. The predicted octanol–water partition coefficient (Wildman–Crippen LogP) is 3.27. The van der Waals surface area contributed by atoms with E-state index in [-0.39, 0.29) is 0 Å². The van der Waals surface area contributed by atoms with Crippen molar-refractivity contribution in [2.75, 3.05) is 6.54 Å². The third-order valence-corrected chi connectivity index (χ3v) is 3.86. The molecule has 0 aliphatic heterocycles. The SMILES string of the molecule is CC1(CNC2C=CCCC2)CCCC1. The molecule has 0 saturated heterocycles. The maximum atomic E-state index is 3.72. The molecule has 2 aliphatic rings. The summed E-state index contributed by atoms with van der Waals surface area (Å²) in [5, 5.41) is 3.72. The van der Waals surface area contributed by atoms with Crippen molar-refractivity contribution in [2.45, 2.75) is 57.9 Å². The van der Waals surface area contributed by atoms with Crippen molar-refractivity contribution in [1.82, 2.24) is 5.32 Å². The van der Waals surface area contributed by atoms with Crippen LogP contribution in [0.15, 0.2) is 12.2 Å². The van der Waals surface area contributed by atoms with E-state index < -0.39 is 0 Å². The van der Waals surface area contributed by atoms with E-state index in [2.05, 4.69) is 24.4 Å². The third-order valence-electron chi connectivity index (χ3n) is 3.86. The fraction of sp³-hybridized carbons (Fsp3) is 0.846. The summed E-state index contributed by atoms with van der Waals surface area (Å²) in [6, 6.07) is 0.668. The van der Waals surface area contributed by atoms with Gasteiger partial charge in [0, 0.05) is 12.6 Å². The normalized spacial score (nSPS) is 30.8. The van der Waals surface area contributed by atoms with Gasteiger partial charge in [0.25, 0.3) is 0 Å². The monoisotopic (exact) mass is 193 g/mol. The first-order valence-corrected chi connectivity index (χ1v) is 6.19. The summed E-state index contributed by atoms with van der Waals surface area (Å²) in [4.78, 5) is 0. The summed E-state index contributed by atoms with van der Waals surface area (Å²) in [7, 11) is 0. The molecule has 0 heterocycles. The molecule has 0 aromatic heterocycles. The molecule has 1 heteroatoms. The fourth-order valence-electron chi connectivity index (χ4n) is 2.77. The molecule has 0 spiro atoms. The molecule has 1 nitrogen and oxygen atoms in total.